The van der Waals surface area contributed by atoms with Gasteiger partial charge < -0.3 is 9.64 Å². The summed E-state index contributed by atoms with van der Waals surface area (Å²) in [6.45, 7) is 8.97. The third-order valence-electron chi connectivity index (χ3n) is 5.86. The van der Waals surface area contributed by atoms with Crippen molar-refractivity contribution in [2.75, 3.05) is 11.5 Å². The normalized spacial score (nSPS) is 20.3. The molecule has 0 N–H and O–H groups in total. The molecular weight excluding hydrogens is 461 g/mol. The van der Waals surface area contributed by atoms with Crippen molar-refractivity contribution in [2.24, 2.45) is 11.8 Å². The van der Waals surface area contributed by atoms with Gasteiger partial charge in [-0.2, -0.15) is 5.10 Å². The van der Waals surface area contributed by atoms with Crippen molar-refractivity contribution in [3.63, 3.8) is 0 Å². The van der Waals surface area contributed by atoms with Gasteiger partial charge in [0.1, 0.15) is 0 Å². The van der Waals surface area contributed by atoms with Crippen LogP contribution < -0.4 is 4.90 Å². The maximum atomic E-state index is 15.4. The molecule has 0 radical (unpaired) electrons. The van der Waals surface area contributed by atoms with E-state index in [0.29, 0.717) is 12.3 Å². The van der Waals surface area contributed by atoms with Gasteiger partial charge >= 0.3 is 5.97 Å². The Labute approximate surface area is 202 Å². The Morgan fingerprint density at radius 1 is 1.33 bits per heavy atom. The molecule has 1 aromatic carbocycles. The molecule has 33 heavy (non-hydrogen) atoms. The molecule has 0 bridgehead atoms. The number of halogens is 2. The monoisotopic (exact) mass is 487 g/mol. The predicted octanol–water partition coefficient (Wildman–Crippen LogP) is 6.42. The molecule has 2 heterocycles. The molecule has 174 valence electrons. The Kier molecular flexibility index (Phi) is 7.00. The Morgan fingerprint density at radius 3 is 2.82 bits per heavy atom. The van der Waals surface area contributed by atoms with Crippen molar-refractivity contribution in [3.05, 3.63) is 75.5 Å². The first-order chi connectivity index (χ1) is 15.8. The van der Waals surface area contributed by atoms with Gasteiger partial charge in [-0.25, -0.2) is 4.39 Å². The van der Waals surface area contributed by atoms with Crippen LogP contribution in [-0.2, 0) is 22.5 Å². The molecule has 0 spiro atoms. The number of aromatic nitrogens is 2. The Balaban J connectivity index is 1.72. The fourth-order valence-electron chi connectivity index (χ4n) is 4.36. The third kappa shape index (κ3) is 4.62. The molecule has 4 rings (SSSR count). The summed E-state index contributed by atoms with van der Waals surface area (Å²) in [4.78, 5) is 15.9. The molecule has 0 fully saturated rings. The zero-order chi connectivity index (χ0) is 23.7. The van der Waals surface area contributed by atoms with E-state index in [0.717, 1.165) is 33.3 Å². The van der Waals surface area contributed by atoms with E-state index in [1.165, 1.54) is 0 Å². The molecule has 8 heteroatoms. The van der Waals surface area contributed by atoms with E-state index in [1.54, 1.807) is 31.0 Å². The van der Waals surface area contributed by atoms with Crippen molar-refractivity contribution >= 4 is 35.0 Å². The average molecular weight is 488 g/mol. The van der Waals surface area contributed by atoms with Gasteiger partial charge in [0.05, 0.1) is 35.6 Å². The quantitative estimate of drug-likeness (QED) is 0.421. The number of fused-ring (bicyclic) bond motifs is 1. The van der Waals surface area contributed by atoms with Gasteiger partial charge in [0.2, 0.25) is 0 Å². The SMILES string of the molecule is CCOC(=O)Cc1cccc(SC2=C(C)N(c3cnn(CC)c3)C3=C(F)C(Cl)=CC(C)C23)c1. The highest BCUT2D eigenvalue weighted by molar-refractivity contribution is 8.03. The maximum absolute atomic E-state index is 15.4. The first kappa shape index (κ1) is 23.6. The van der Waals surface area contributed by atoms with Crippen LogP contribution in [0, 0.1) is 11.8 Å². The number of hydrogen-bond donors (Lipinski definition) is 0. The largest absolute Gasteiger partial charge is 0.466 e. The summed E-state index contributed by atoms with van der Waals surface area (Å²) in [6, 6.07) is 7.85. The number of carbonyl (C=O) groups excluding carboxylic acids is 1. The van der Waals surface area contributed by atoms with E-state index >= 15 is 4.39 Å². The smallest absolute Gasteiger partial charge is 0.310 e. The fourth-order valence-corrected chi connectivity index (χ4v) is 5.96. The highest BCUT2D eigenvalue weighted by Gasteiger charge is 2.43. The zero-order valence-electron chi connectivity index (χ0n) is 19.1. The van der Waals surface area contributed by atoms with Crippen LogP contribution >= 0.6 is 23.4 Å². The second-order valence-corrected chi connectivity index (χ2v) is 9.64. The number of rotatable bonds is 7. The number of hydrogen-bond acceptors (Lipinski definition) is 5. The van der Waals surface area contributed by atoms with E-state index in [1.807, 2.05) is 53.9 Å². The van der Waals surface area contributed by atoms with Gasteiger partial charge in [0.25, 0.3) is 0 Å². The summed E-state index contributed by atoms with van der Waals surface area (Å²) in [5.41, 5.74) is 3.22. The summed E-state index contributed by atoms with van der Waals surface area (Å²) >= 11 is 7.88. The van der Waals surface area contributed by atoms with Crippen molar-refractivity contribution in [2.45, 2.75) is 45.6 Å². The molecule has 2 aliphatic rings. The van der Waals surface area contributed by atoms with E-state index in [9.17, 15) is 4.79 Å². The minimum atomic E-state index is -0.393. The van der Waals surface area contributed by atoms with Crippen LogP contribution in [-0.4, -0.2) is 22.4 Å². The lowest BCUT2D eigenvalue weighted by atomic mass is 9.87. The highest BCUT2D eigenvalue weighted by Crippen LogP contribution is 2.54. The van der Waals surface area contributed by atoms with Crippen molar-refractivity contribution in [3.8, 4) is 0 Å². The standard InChI is InChI=1S/C25H27ClFN3O2S/c1-5-29-14-18(13-28-29)30-16(4)25(22-15(3)10-20(26)23(27)24(22)30)33-19-9-7-8-17(11-19)12-21(31)32-6-2/h7-11,13-15,22H,5-6,12H2,1-4H3. The van der Waals surface area contributed by atoms with Crippen LogP contribution in [0.4, 0.5) is 10.1 Å². The van der Waals surface area contributed by atoms with Crippen LogP contribution in [0.2, 0.25) is 0 Å². The lowest BCUT2D eigenvalue weighted by Crippen LogP contribution is -2.24. The molecule has 0 amide bonds. The van der Waals surface area contributed by atoms with Gasteiger partial charge in [0, 0.05) is 34.2 Å². The lowest BCUT2D eigenvalue weighted by Gasteiger charge is -2.29. The van der Waals surface area contributed by atoms with E-state index in [-0.39, 0.29) is 29.3 Å². The number of benzene rings is 1. The zero-order valence-corrected chi connectivity index (χ0v) is 20.7. The van der Waals surface area contributed by atoms with Crippen molar-refractivity contribution in [1.29, 1.82) is 0 Å². The maximum Gasteiger partial charge on any atom is 0.310 e. The molecular formula is C25H27ClFN3O2S. The Morgan fingerprint density at radius 2 is 2.12 bits per heavy atom. The van der Waals surface area contributed by atoms with Crippen LogP contribution in [0.5, 0.6) is 0 Å². The van der Waals surface area contributed by atoms with Crippen LogP contribution in [0.1, 0.15) is 33.3 Å². The van der Waals surface area contributed by atoms with Gasteiger partial charge in [0.15, 0.2) is 5.83 Å². The number of ether oxygens (including phenoxy) is 1. The first-order valence-corrected chi connectivity index (χ1v) is 12.3. The average Bonchev–Trinajstić information content (AvgIpc) is 3.35. The summed E-state index contributed by atoms with van der Waals surface area (Å²) in [7, 11) is 0. The molecule has 2 aromatic rings. The molecule has 0 saturated carbocycles. The molecule has 1 aliphatic heterocycles. The second-order valence-electron chi connectivity index (χ2n) is 8.12. The molecule has 1 aromatic heterocycles. The number of esters is 1. The first-order valence-electron chi connectivity index (χ1n) is 11.1. The van der Waals surface area contributed by atoms with Gasteiger partial charge in [-0.1, -0.05) is 48.5 Å². The summed E-state index contributed by atoms with van der Waals surface area (Å²) in [6.07, 6.45) is 5.69. The van der Waals surface area contributed by atoms with Gasteiger partial charge in [-0.05, 0) is 44.4 Å². The summed E-state index contributed by atoms with van der Waals surface area (Å²) < 4.78 is 22.3. The van der Waals surface area contributed by atoms with Crippen LogP contribution in [0.3, 0.4) is 0 Å². The lowest BCUT2D eigenvalue weighted by molar-refractivity contribution is -0.142. The fraction of sp³-hybridized carbons (Fsp3) is 0.360. The number of aryl methyl sites for hydroxylation is 1. The second kappa shape index (κ2) is 9.77. The number of nitrogens with zero attached hydrogens (tertiary/aromatic N) is 3. The third-order valence-corrected chi connectivity index (χ3v) is 7.41. The van der Waals surface area contributed by atoms with Crippen molar-refractivity contribution in [1.82, 2.24) is 9.78 Å². The van der Waals surface area contributed by atoms with Crippen molar-refractivity contribution < 1.29 is 13.9 Å². The Hall–Kier alpha value is -2.51. The van der Waals surface area contributed by atoms with Crippen LogP contribution in [0.15, 0.2) is 74.8 Å². The summed E-state index contributed by atoms with van der Waals surface area (Å²) in [5, 5.41) is 4.54. The topological polar surface area (TPSA) is 47.4 Å². The van der Waals surface area contributed by atoms with E-state index < -0.39 is 5.83 Å². The van der Waals surface area contributed by atoms with Gasteiger partial charge in [-0.3, -0.25) is 9.48 Å². The Bertz CT molecular complexity index is 1170. The molecule has 0 saturated heterocycles. The van der Waals surface area contributed by atoms with E-state index in [4.69, 9.17) is 16.3 Å². The molecule has 2 unspecified atom stereocenters. The van der Waals surface area contributed by atoms with Crippen LogP contribution in [0.25, 0.3) is 0 Å². The van der Waals surface area contributed by atoms with Gasteiger partial charge in [-0.15, -0.1) is 0 Å². The number of allylic oxidation sites excluding steroid dienone is 5. The predicted molar refractivity (Wildman–Crippen MR) is 130 cm³/mol. The number of carbonyl (C=O) groups is 1. The number of thioether (sulfide) groups is 1. The number of anilines is 1. The molecule has 5 nitrogen and oxygen atoms in total. The minimum Gasteiger partial charge on any atom is -0.466 e. The molecule has 1 aliphatic carbocycles. The summed E-state index contributed by atoms with van der Waals surface area (Å²) in [5.74, 6) is -0.771. The molecule has 2 atom stereocenters. The minimum absolute atomic E-state index is 0.0263. The highest BCUT2D eigenvalue weighted by atomic mass is 35.5. The van der Waals surface area contributed by atoms with E-state index in [2.05, 4.69) is 12.0 Å².